The quantitative estimate of drug-likeness (QED) is 0.625. The highest BCUT2D eigenvalue weighted by Crippen LogP contribution is 2.24. The van der Waals surface area contributed by atoms with E-state index in [9.17, 15) is 5.26 Å². The number of rotatable bonds is 9. The highest BCUT2D eigenvalue weighted by Gasteiger charge is 2.33. The van der Waals surface area contributed by atoms with Gasteiger partial charge >= 0.3 is 0 Å². The van der Waals surface area contributed by atoms with Crippen LogP contribution in [0.4, 0.5) is 0 Å². The molecule has 2 unspecified atom stereocenters. The minimum atomic E-state index is -0.457. The standard InChI is InChI=1S/C13H24N2O2/c1-11(17-8-4-7-16-3)9-13(2,10-14)15-12-5-6-12/h11-12,15H,4-9H2,1-3H3. The average molecular weight is 240 g/mol. The molecule has 0 aromatic heterocycles. The minimum absolute atomic E-state index is 0.0998. The normalized spacial score (nSPS) is 20.6. The lowest BCUT2D eigenvalue weighted by Crippen LogP contribution is -2.45. The first-order chi connectivity index (χ1) is 8.09. The SMILES string of the molecule is COCCCOC(C)CC(C)(C#N)NC1CC1. The molecule has 0 heterocycles. The molecule has 1 aliphatic rings. The van der Waals surface area contributed by atoms with Gasteiger partial charge < -0.3 is 9.47 Å². The summed E-state index contributed by atoms with van der Waals surface area (Å²) in [6.45, 7) is 5.40. The van der Waals surface area contributed by atoms with Crippen LogP contribution < -0.4 is 5.32 Å². The Balaban J connectivity index is 2.21. The van der Waals surface area contributed by atoms with E-state index < -0.39 is 5.54 Å². The molecule has 0 radical (unpaired) electrons. The van der Waals surface area contributed by atoms with Crippen molar-refractivity contribution in [1.29, 1.82) is 5.26 Å². The van der Waals surface area contributed by atoms with Crippen LogP contribution >= 0.6 is 0 Å². The van der Waals surface area contributed by atoms with Crippen LogP contribution in [-0.4, -0.2) is 38.0 Å². The molecule has 0 aromatic carbocycles. The van der Waals surface area contributed by atoms with Crippen LogP contribution in [-0.2, 0) is 9.47 Å². The van der Waals surface area contributed by atoms with Crippen LogP contribution in [0.3, 0.4) is 0 Å². The Morgan fingerprint density at radius 2 is 2.18 bits per heavy atom. The molecule has 17 heavy (non-hydrogen) atoms. The Labute approximate surface area is 104 Å². The van der Waals surface area contributed by atoms with Gasteiger partial charge in [0.2, 0.25) is 0 Å². The zero-order valence-electron chi connectivity index (χ0n) is 11.2. The molecule has 0 bridgehead atoms. The van der Waals surface area contributed by atoms with Crippen molar-refractivity contribution in [3.63, 3.8) is 0 Å². The van der Waals surface area contributed by atoms with E-state index in [0.717, 1.165) is 19.4 Å². The lowest BCUT2D eigenvalue weighted by atomic mass is 9.96. The van der Waals surface area contributed by atoms with Crippen molar-refractivity contribution in [2.45, 2.75) is 57.2 Å². The molecule has 1 aliphatic carbocycles. The minimum Gasteiger partial charge on any atom is -0.385 e. The molecule has 1 rings (SSSR count). The Morgan fingerprint density at radius 3 is 2.71 bits per heavy atom. The third-order valence-electron chi connectivity index (χ3n) is 2.94. The predicted octanol–water partition coefficient (Wildman–Crippen LogP) is 1.85. The highest BCUT2D eigenvalue weighted by atomic mass is 16.5. The van der Waals surface area contributed by atoms with Crippen molar-refractivity contribution in [3.8, 4) is 6.07 Å². The van der Waals surface area contributed by atoms with Crippen molar-refractivity contribution in [2.24, 2.45) is 0 Å². The van der Waals surface area contributed by atoms with Gasteiger partial charge in [0, 0.05) is 32.8 Å². The van der Waals surface area contributed by atoms with E-state index in [1.165, 1.54) is 12.8 Å². The van der Waals surface area contributed by atoms with E-state index in [1.807, 2.05) is 13.8 Å². The maximum absolute atomic E-state index is 9.23. The van der Waals surface area contributed by atoms with Gasteiger partial charge in [-0.1, -0.05) is 0 Å². The molecule has 4 heteroatoms. The maximum Gasteiger partial charge on any atom is 0.106 e. The smallest absolute Gasteiger partial charge is 0.106 e. The van der Waals surface area contributed by atoms with Crippen LogP contribution in [0, 0.1) is 11.3 Å². The van der Waals surface area contributed by atoms with E-state index in [-0.39, 0.29) is 6.10 Å². The third kappa shape index (κ3) is 6.02. The van der Waals surface area contributed by atoms with Gasteiger partial charge in [0.15, 0.2) is 0 Å². The zero-order valence-corrected chi connectivity index (χ0v) is 11.2. The predicted molar refractivity (Wildman–Crippen MR) is 66.7 cm³/mol. The Kier molecular flexibility index (Phi) is 5.90. The summed E-state index contributed by atoms with van der Waals surface area (Å²) in [5.74, 6) is 0. The van der Waals surface area contributed by atoms with Gasteiger partial charge in [-0.15, -0.1) is 0 Å². The fourth-order valence-corrected chi connectivity index (χ4v) is 1.94. The van der Waals surface area contributed by atoms with Crippen molar-refractivity contribution in [1.82, 2.24) is 5.32 Å². The number of hydrogen-bond acceptors (Lipinski definition) is 4. The van der Waals surface area contributed by atoms with Gasteiger partial charge in [-0.3, -0.25) is 5.32 Å². The Hall–Kier alpha value is -0.630. The molecule has 98 valence electrons. The van der Waals surface area contributed by atoms with Crippen LogP contribution in [0.5, 0.6) is 0 Å². The van der Waals surface area contributed by atoms with Crippen molar-refractivity contribution in [2.75, 3.05) is 20.3 Å². The molecular formula is C13H24N2O2. The molecule has 0 amide bonds. The maximum atomic E-state index is 9.23. The fourth-order valence-electron chi connectivity index (χ4n) is 1.94. The van der Waals surface area contributed by atoms with E-state index in [0.29, 0.717) is 12.6 Å². The molecule has 0 aromatic rings. The molecule has 1 saturated carbocycles. The summed E-state index contributed by atoms with van der Waals surface area (Å²) in [6.07, 6.45) is 4.12. The summed E-state index contributed by atoms with van der Waals surface area (Å²) >= 11 is 0. The van der Waals surface area contributed by atoms with E-state index in [2.05, 4.69) is 11.4 Å². The van der Waals surface area contributed by atoms with Crippen molar-refractivity contribution < 1.29 is 9.47 Å². The summed E-state index contributed by atoms with van der Waals surface area (Å²) in [7, 11) is 1.69. The number of ether oxygens (including phenoxy) is 2. The van der Waals surface area contributed by atoms with Crippen LogP contribution in [0.15, 0.2) is 0 Å². The number of nitrogens with zero attached hydrogens (tertiary/aromatic N) is 1. The van der Waals surface area contributed by atoms with Gasteiger partial charge in [-0.2, -0.15) is 5.26 Å². The molecular weight excluding hydrogens is 216 g/mol. The van der Waals surface area contributed by atoms with E-state index in [4.69, 9.17) is 9.47 Å². The number of hydrogen-bond donors (Lipinski definition) is 1. The van der Waals surface area contributed by atoms with E-state index >= 15 is 0 Å². The summed E-state index contributed by atoms with van der Waals surface area (Å²) in [4.78, 5) is 0. The first-order valence-electron chi connectivity index (χ1n) is 6.39. The second-order valence-electron chi connectivity index (χ2n) is 5.09. The summed E-state index contributed by atoms with van der Waals surface area (Å²) in [6, 6.07) is 2.91. The largest absolute Gasteiger partial charge is 0.385 e. The molecule has 1 N–H and O–H groups in total. The number of nitrogens with one attached hydrogen (secondary N) is 1. The van der Waals surface area contributed by atoms with Gasteiger partial charge in [0.25, 0.3) is 0 Å². The molecule has 0 aliphatic heterocycles. The van der Waals surface area contributed by atoms with Gasteiger partial charge in [0.1, 0.15) is 5.54 Å². The number of nitriles is 1. The monoisotopic (exact) mass is 240 g/mol. The average Bonchev–Trinajstić information content (AvgIpc) is 3.08. The second-order valence-corrected chi connectivity index (χ2v) is 5.09. The molecule has 2 atom stereocenters. The first kappa shape index (κ1) is 14.4. The molecule has 0 spiro atoms. The Morgan fingerprint density at radius 1 is 1.47 bits per heavy atom. The van der Waals surface area contributed by atoms with Gasteiger partial charge in [0.05, 0.1) is 12.2 Å². The van der Waals surface area contributed by atoms with Crippen LogP contribution in [0.1, 0.15) is 39.5 Å². The molecule has 1 fully saturated rings. The van der Waals surface area contributed by atoms with Crippen molar-refractivity contribution in [3.05, 3.63) is 0 Å². The molecule has 0 saturated heterocycles. The van der Waals surface area contributed by atoms with E-state index in [1.54, 1.807) is 7.11 Å². The van der Waals surface area contributed by atoms with Gasteiger partial charge in [-0.05, 0) is 33.1 Å². The lowest BCUT2D eigenvalue weighted by Gasteiger charge is -2.26. The summed E-state index contributed by atoms with van der Waals surface area (Å²) in [5.41, 5.74) is -0.457. The van der Waals surface area contributed by atoms with Crippen molar-refractivity contribution >= 4 is 0 Å². The second kappa shape index (κ2) is 6.95. The topological polar surface area (TPSA) is 54.3 Å². The zero-order chi connectivity index (χ0) is 12.7. The molecule has 4 nitrogen and oxygen atoms in total. The number of methoxy groups -OCH3 is 1. The van der Waals surface area contributed by atoms with Gasteiger partial charge in [-0.25, -0.2) is 0 Å². The Bertz CT molecular complexity index is 261. The highest BCUT2D eigenvalue weighted by molar-refractivity contribution is 5.07. The van der Waals surface area contributed by atoms with Crippen LogP contribution in [0.25, 0.3) is 0 Å². The first-order valence-corrected chi connectivity index (χ1v) is 6.39. The third-order valence-corrected chi connectivity index (χ3v) is 2.94. The fraction of sp³-hybridized carbons (Fsp3) is 0.923. The lowest BCUT2D eigenvalue weighted by molar-refractivity contribution is 0.0350. The van der Waals surface area contributed by atoms with Crippen LogP contribution in [0.2, 0.25) is 0 Å². The summed E-state index contributed by atoms with van der Waals surface area (Å²) < 4.78 is 10.6. The summed E-state index contributed by atoms with van der Waals surface area (Å²) in [5, 5.41) is 12.6.